The fraction of sp³-hybridized carbons (Fsp3) is 0.133. The first-order valence-electron chi connectivity index (χ1n) is 7.05. The molecule has 2 heterocycles. The lowest BCUT2D eigenvalue weighted by Crippen LogP contribution is -2.44. The number of thiocarbonyl (C=S) groups is 1. The van der Waals surface area contributed by atoms with Gasteiger partial charge >= 0.3 is 0 Å². The molecule has 0 saturated heterocycles. The molecule has 0 aliphatic heterocycles. The number of carbonyl (C=O) groups excluding carboxylic acids is 1. The summed E-state index contributed by atoms with van der Waals surface area (Å²) >= 11 is 8.36. The minimum absolute atomic E-state index is 0.186. The molecule has 0 radical (unpaired) electrons. The molecule has 124 valence electrons. The number of aromatic nitrogens is 2. The number of hydrogen-bond donors (Lipinski definition) is 3. The topological polar surface area (TPSA) is 70.5 Å². The van der Waals surface area contributed by atoms with Crippen molar-refractivity contribution in [3.05, 3.63) is 47.7 Å². The van der Waals surface area contributed by atoms with Crippen LogP contribution in [-0.4, -0.2) is 26.7 Å². The number of nitrogens with one attached hydrogen (secondary N) is 3. The van der Waals surface area contributed by atoms with Crippen LogP contribution in [0.3, 0.4) is 0 Å². The monoisotopic (exact) mass is 377 g/mol. The summed E-state index contributed by atoms with van der Waals surface area (Å²) in [5.41, 5.74) is 6.85. The maximum absolute atomic E-state index is 12.0. The summed E-state index contributed by atoms with van der Waals surface area (Å²) < 4.78 is 1.89. The number of amides is 1. The SMILES string of the molecule is CSc1cccc(NC(=S)NNC(=O)Cc2cn3ccsc3n2)c1. The number of benzene rings is 1. The lowest BCUT2D eigenvalue weighted by Gasteiger charge is -2.11. The van der Waals surface area contributed by atoms with Gasteiger partial charge in [0.05, 0.1) is 12.1 Å². The molecule has 3 N–H and O–H groups in total. The highest BCUT2D eigenvalue weighted by atomic mass is 32.2. The third-order valence-corrected chi connectivity index (χ3v) is 4.83. The number of imidazole rings is 1. The maximum Gasteiger partial charge on any atom is 0.244 e. The van der Waals surface area contributed by atoms with Gasteiger partial charge in [0.15, 0.2) is 10.1 Å². The zero-order valence-electron chi connectivity index (χ0n) is 12.8. The van der Waals surface area contributed by atoms with Crippen LogP contribution in [0.25, 0.3) is 4.96 Å². The Morgan fingerprint density at radius 2 is 2.29 bits per heavy atom. The normalized spacial score (nSPS) is 10.5. The molecular formula is C15H15N5OS3. The predicted molar refractivity (Wildman–Crippen MR) is 102 cm³/mol. The van der Waals surface area contributed by atoms with E-state index < -0.39 is 0 Å². The highest BCUT2D eigenvalue weighted by molar-refractivity contribution is 7.98. The number of anilines is 1. The molecule has 6 nitrogen and oxygen atoms in total. The molecule has 3 rings (SSSR count). The molecule has 1 aromatic carbocycles. The number of hydrazine groups is 1. The fourth-order valence-corrected chi connectivity index (χ4v) is 3.41. The number of thiazole rings is 1. The Hall–Kier alpha value is -2.10. The van der Waals surface area contributed by atoms with E-state index in [0.29, 0.717) is 10.8 Å². The van der Waals surface area contributed by atoms with Crippen LogP contribution in [0.5, 0.6) is 0 Å². The first-order chi connectivity index (χ1) is 11.6. The molecule has 0 aliphatic carbocycles. The minimum atomic E-state index is -0.206. The van der Waals surface area contributed by atoms with Crippen molar-refractivity contribution in [1.29, 1.82) is 0 Å². The average Bonchev–Trinajstić information content (AvgIpc) is 3.14. The summed E-state index contributed by atoms with van der Waals surface area (Å²) in [4.78, 5) is 18.3. The molecular weight excluding hydrogens is 362 g/mol. The van der Waals surface area contributed by atoms with Gasteiger partial charge in [0.1, 0.15) is 0 Å². The molecule has 0 unspecified atom stereocenters. The van der Waals surface area contributed by atoms with E-state index in [9.17, 15) is 4.79 Å². The van der Waals surface area contributed by atoms with Crippen molar-refractivity contribution in [2.75, 3.05) is 11.6 Å². The Bertz CT molecular complexity index is 844. The fourth-order valence-electron chi connectivity index (χ4n) is 2.06. The first-order valence-corrected chi connectivity index (χ1v) is 9.56. The molecule has 0 saturated carbocycles. The van der Waals surface area contributed by atoms with Crippen molar-refractivity contribution in [1.82, 2.24) is 20.2 Å². The quantitative estimate of drug-likeness (QED) is 0.369. The third kappa shape index (κ3) is 4.25. The second kappa shape index (κ2) is 7.65. The number of nitrogens with zero attached hydrogens (tertiary/aromatic N) is 2. The number of hydrogen-bond acceptors (Lipinski definition) is 5. The van der Waals surface area contributed by atoms with Gasteiger partial charge in [-0.05, 0) is 36.7 Å². The van der Waals surface area contributed by atoms with Gasteiger partial charge in [-0.25, -0.2) is 4.98 Å². The van der Waals surface area contributed by atoms with Crippen LogP contribution in [0.2, 0.25) is 0 Å². The molecule has 0 fully saturated rings. The van der Waals surface area contributed by atoms with E-state index >= 15 is 0 Å². The van der Waals surface area contributed by atoms with E-state index in [-0.39, 0.29) is 12.3 Å². The lowest BCUT2D eigenvalue weighted by atomic mass is 10.3. The summed E-state index contributed by atoms with van der Waals surface area (Å²) in [6.07, 6.45) is 5.95. The van der Waals surface area contributed by atoms with Gasteiger partial charge < -0.3 is 5.32 Å². The molecule has 0 bridgehead atoms. The Kier molecular flexibility index (Phi) is 5.34. The van der Waals surface area contributed by atoms with Crippen LogP contribution >= 0.6 is 35.3 Å². The van der Waals surface area contributed by atoms with E-state index in [1.165, 1.54) is 11.3 Å². The summed E-state index contributed by atoms with van der Waals surface area (Å²) in [7, 11) is 0. The van der Waals surface area contributed by atoms with Crippen molar-refractivity contribution in [2.24, 2.45) is 0 Å². The highest BCUT2D eigenvalue weighted by Crippen LogP contribution is 2.18. The Labute approximate surface area is 152 Å². The molecule has 0 atom stereocenters. The van der Waals surface area contributed by atoms with E-state index in [2.05, 4.69) is 21.2 Å². The summed E-state index contributed by atoms with van der Waals surface area (Å²) in [6.45, 7) is 0. The average molecular weight is 378 g/mol. The molecule has 1 amide bonds. The molecule has 2 aromatic heterocycles. The van der Waals surface area contributed by atoms with Gasteiger partial charge in [0, 0.05) is 28.4 Å². The smallest absolute Gasteiger partial charge is 0.244 e. The van der Waals surface area contributed by atoms with Gasteiger partial charge in [0.25, 0.3) is 0 Å². The minimum Gasteiger partial charge on any atom is -0.331 e. The molecule has 24 heavy (non-hydrogen) atoms. The van der Waals surface area contributed by atoms with Crippen molar-refractivity contribution < 1.29 is 4.79 Å². The summed E-state index contributed by atoms with van der Waals surface area (Å²) in [5.74, 6) is -0.206. The van der Waals surface area contributed by atoms with Crippen molar-refractivity contribution in [2.45, 2.75) is 11.3 Å². The first kappa shape index (κ1) is 16.7. The van der Waals surface area contributed by atoms with Crippen LogP contribution in [-0.2, 0) is 11.2 Å². The Balaban J connectivity index is 1.48. The third-order valence-electron chi connectivity index (χ3n) is 3.13. The van der Waals surface area contributed by atoms with E-state index in [1.54, 1.807) is 11.8 Å². The van der Waals surface area contributed by atoms with Crippen molar-refractivity contribution in [3.63, 3.8) is 0 Å². The molecule has 0 spiro atoms. The van der Waals surface area contributed by atoms with Gasteiger partial charge in [-0.1, -0.05) is 6.07 Å². The van der Waals surface area contributed by atoms with Gasteiger partial charge in [-0.15, -0.1) is 23.1 Å². The standard InChI is InChI=1S/C15H15N5OS3/c1-23-12-4-2-3-10(7-12)16-14(22)19-18-13(21)8-11-9-20-5-6-24-15(20)17-11/h2-7,9H,8H2,1H3,(H,18,21)(H2,16,19,22). The van der Waals surface area contributed by atoms with Crippen LogP contribution in [0.4, 0.5) is 5.69 Å². The van der Waals surface area contributed by atoms with Crippen LogP contribution < -0.4 is 16.2 Å². The van der Waals surface area contributed by atoms with Gasteiger partial charge in [0.2, 0.25) is 5.91 Å². The van der Waals surface area contributed by atoms with Crippen LogP contribution in [0, 0.1) is 0 Å². The second-order valence-corrected chi connectivity index (χ2v) is 7.02. The Morgan fingerprint density at radius 3 is 3.08 bits per heavy atom. The maximum atomic E-state index is 12.0. The molecule has 9 heteroatoms. The van der Waals surface area contributed by atoms with Gasteiger partial charge in [-0.3, -0.25) is 20.0 Å². The predicted octanol–water partition coefficient (Wildman–Crippen LogP) is 2.68. The number of carbonyl (C=O) groups is 1. The highest BCUT2D eigenvalue weighted by Gasteiger charge is 2.08. The second-order valence-electron chi connectivity index (χ2n) is 4.86. The van der Waals surface area contributed by atoms with Crippen molar-refractivity contribution in [3.8, 4) is 0 Å². The van der Waals surface area contributed by atoms with Crippen LogP contribution in [0.15, 0.2) is 46.9 Å². The zero-order valence-corrected chi connectivity index (χ0v) is 15.2. The number of rotatable bonds is 4. The van der Waals surface area contributed by atoms with E-state index in [1.807, 2.05) is 52.7 Å². The van der Waals surface area contributed by atoms with E-state index in [0.717, 1.165) is 15.5 Å². The molecule has 0 aliphatic rings. The number of thioether (sulfide) groups is 1. The van der Waals surface area contributed by atoms with Crippen molar-refractivity contribution >= 4 is 57.0 Å². The van der Waals surface area contributed by atoms with Gasteiger partial charge in [-0.2, -0.15) is 0 Å². The van der Waals surface area contributed by atoms with Crippen LogP contribution in [0.1, 0.15) is 5.69 Å². The number of fused-ring (bicyclic) bond motifs is 1. The van der Waals surface area contributed by atoms with E-state index in [4.69, 9.17) is 12.2 Å². The summed E-state index contributed by atoms with van der Waals surface area (Å²) in [5, 5.41) is 5.30. The summed E-state index contributed by atoms with van der Waals surface area (Å²) in [6, 6.07) is 7.86. The molecule has 3 aromatic rings. The largest absolute Gasteiger partial charge is 0.331 e. The lowest BCUT2D eigenvalue weighted by molar-refractivity contribution is -0.121. The Morgan fingerprint density at radius 1 is 1.42 bits per heavy atom. The zero-order chi connectivity index (χ0) is 16.9.